The Morgan fingerprint density at radius 1 is 1.37 bits per heavy atom. The zero-order valence-corrected chi connectivity index (χ0v) is 13.3. The largest absolute Gasteiger partial charge is 0.389 e. The Labute approximate surface area is 129 Å². The average molecular weight is 449 g/mol. The summed E-state index contributed by atoms with van der Waals surface area (Å²) in [6.07, 6.45) is -1.67. The van der Waals surface area contributed by atoms with Gasteiger partial charge in [0.05, 0.1) is 22.6 Å². The first-order valence-corrected chi connectivity index (χ1v) is 7.24. The van der Waals surface area contributed by atoms with Crippen LogP contribution in [0.4, 0.5) is 18.9 Å². The lowest BCUT2D eigenvalue weighted by Crippen LogP contribution is -2.12. The number of aromatic nitrogens is 3. The van der Waals surface area contributed by atoms with Gasteiger partial charge in [0, 0.05) is 13.0 Å². The Morgan fingerprint density at radius 2 is 2.11 bits per heavy atom. The highest BCUT2D eigenvalue weighted by molar-refractivity contribution is 14.1. The van der Waals surface area contributed by atoms with Crippen LogP contribution in [-0.4, -0.2) is 27.3 Å². The molecule has 0 aromatic carbocycles. The van der Waals surface area contributed by atoms with Gasteiger partial charge in [-0.15, -0.1) is 0 Å². The lowest BCUT2D eigenvalue weighted by atomic mass is 10.3. The molecule has 4 nitrogen and oxygen atoms in total. The van der Waals surface area contributed by atoms with E-state index in [0.717, 1.165) is 3.70 Å². The molecule has 0 saturated carbocycles. The predicted octanol–water partition coefficient (Wildman–Crippen LogP) is 3.85. The molecule has 0 aliphatic rings. The van der Waals surface area contributed by atoms with Crippen LogP contribution in [0.3, 0.4) is 0 Å². The molecule has 0 amide bonds. The highest BCUT2D eigenvalue weighted by Crippen LogP contribution is 2.27. The van der Waals surface area contributed by atoms with Crippen molar-refractivity contribution in [2.45, 2.75) is 19.0 Å². The molecule has 9 heteroatoms. The molecule has 104 valence electrons. The number of halogens is 5. The minimum atomic E-state index is -4.12. The number of alkyl halides is 3. The monoisotopic (exact) mass is 448 g/mol. The molecule has 1 N–H and O–H groups in total. The van der Waals surface area contributed by atoms with Crippen LogP contribution in [0.2, 0.25) is 0 Å². The first-order valence-electron chi connectivity index (χ1n) is 5.37. The predicted molar refractivity (Wildman–Crippen MR) is 77.2 cm³/mol. The molecule has 0 aliphatic heterocycles. The maximum Gasteiger partial charge on any atom is 0.389 e. The van der Waals surface area contributed by atoms with Gasteiger partial charge in [-0.3, -0.25) is 0 Å². The summed E-state index contributed by atoms with van der Waals surface area (Å²) in [5, 5.41) is 7.12. The van der Waals surface area contributed by atoms with Crippen LogP contribution < -0.4 is 5.32 Å². The van der Waals surface area contributed by atoms with E-state index in [0.29, 0.717) is 15.8 Å². The van der Waals surface area contributed by atoms with Crippen molar-refractivity contribution in [3.8, 4) is 0 Å². The van der Waals surface area contributed by atoms with Gasteiger partial charge in [-0.2, -0.15) is 18.3 Å². The Hall–Kier alpha value is -0.580. The van der Waals surface area contributed by atoms with E-state index in [-0.39, 0.29) is 13.0 Å². The second-order valence-corrected chi connectivity index (χ2v) is 5.79. The van der Waals surface area contributed by atoms with E-state index in [1.54, 1.807) is 16.9 Å². The third kappa shape index (κ3) is 3.71. The molecule has 2 aromatic rings. The zero-order valence-electron chi connectivity index (χ0n) is 9.51. The van der Waals surface area contributed by atoms with Gasteiger partial charge in [-0.1, -0.05) is 0 Å². The van der Waals surface area contributed by atoms with E-state index < -0.39 is 12.6 Å². The van der Waals surface area contributed by atoms with Crippen molar-refractivity contribution >= 4 is 49.9 Å². The smallest absolute Gasteiger partial charge is 0.381 e. The van der Waals surface area contributed by atoms with Crippen molar-refractivity contribution in [1.29, 1.82) is 0 Å². The van der Waals surface area contributed by atoms with Gasteiger partial charge >= 0.3 is 6.18 Å². The molecular formula is C10H9BrF3IN4. The third-order valence-electron chi connectivity index (χ3n) is 2.38. The van der Waals surface area contributed by atoms with Crippen LogP contribution in [0.1, 0.15) is 12.8 Å². The molecule has 0 spiro atoms. The number of fused-ring (bicyclic) bond motifs is 1. The molecule has 2 aromatic heterocycles. The van der Waals surface area contributed by atoms with E-state index in [9.17, 15) is 13.2 Å². The molecule has 0 atom stereocenters. The van der Waals surface area contributed by atoms with Gasteiger partial charge in [0.25, 0.3) is 0 Å². The standard InChI is InChI=1S/C10H9BrF3IN4/c11-6-4-18-19-7(15)5-17-9(19)8(6)16-3-1-2-10(12,13)14/h4-5,16H,1-3H2. The van der Waals surface area contributed by atoms with Crippen molar-refractivity contribution in [3.05, 3.63) is 20.6 Å². The van der Waals surface area contributed by atoms with E-state index in [4.69, 9.17) is 0 Å². The van der Waals surface area contributed by atoms with Gasteiger partial charge < -0.3 is 5.32 Å². The van der Waals surface area contributed by atoms with E-state index in [2.05, 4.69) is 53.9 Å². The van der Waals surface area contributed by atoms with Crippen LogP contribution in [0.5, 0.6) is 0 Å². The van der Waals surface area contributed by atoms with Crippen molar-refractivity contribution in [1.82, 2.24) is 14.6 Å². The molecule has 2 heterocycles. The van der Waals surface area contributed by atoms with Crippen LogP contribution in [0, 0.1) is 3.70 Å². The van der Waals surface area contributed by atoms with Gasteiger partial charge in [-0.25, -0.2) is 9.50 Å². The fourth-order valence-electron chi connectivity index (χ4n) is 1.55. The lowest BCUT2D eigenvalue weighted by Gasteiger charge is -2.10. The van der Waals surface area contributed by atoms with Crippen LogP contribution in [-0.2, 0) is 0 Å². The second-order valence-electron chi connectivity index (χ2n) is 3.83. The average Bonchev–Trinajstić information content (AvgIpc) is 2.67. The summed E-state index contributed by atoms with van der Waals surface area (Å²) in [5.74, 6) is 0. The number of imidazole rings is 1. The highest BCUT2D eigenvalue weighted by atomic mass is 127. The van der Waals surface area contributed by atoms with Crippen molar-refractivity contribution in [2.75, 3.05) is 11.9 Å². The quantitative estimate of drug-likeness (QED) is 0.570. The first kappa shape index (κ1) is 14.8. The number of anilines is 1. The topological polar surface area (TPSA) is 42.2 Å². The van der Waals surface area contributed by atoms with Gasteiger partial charge in [0.15, 0.2) is 5.65 Å². The molecule has 0 radical (unpaired) electrons. The summed E-state index contributed by atoms with van der Waals surface area (Å²) in [4.78, 5) is 4.18. The molecule has 0 fully saturated rings. The molecule has 2 rings (SSSR count). The van der Waals surface area contributed by atoms with Crippen LogP contribution in [0.25, 0.3) is 5.65 Å². The summed E-state index contributed by atoms with van der Waals surface area (Å²) in [5.41, 5.74) is 1.24. The van der Waals surface area contributed by atoms with Gasteiger partial charge in [0.2, 0.25) is 0 Å². The van der Waals surface area contributed by atoms with E-state index in [1.165, 1.54) is 0 Å². The fraction of sp³-hybridized carbons (Fsp3) is 0.400. The summed E-state index contributed by atoms with van der Waals surface area (Å²) in [6, 6.07) is 0. The maximum atomic E-state index is 12.1. The molecular weight excluding hydrogens is 440 g/mol. The molecule has 0 aliphatic carbocycles. The maximum absolute atomic E-state index is 12.1. The van der Waals surface area contributed by atoms with Crippen LogP contribution in [0.15, 0.2) is 16.9 Å². The van der Waals surface area contributed by atoms with E-state index in [1.807, 2.05) is 0 Å². The van der Waals surface area contributed by atoms with E-state index >= 15 is 0 Å². The van der Waals surface area contributed by atoms with Gasteiger partial charge in [0.1, 0.15) is 3.70 Å². The third-order valence-corrected chi connectivity index (χ3v) is 3.72. The Bertz CT molecular complexity index is 584. The normalized spacial score (nSPS) is 12.1. The zero-order chi connectivity index (χ0) is 14.0. The number of hydrogen-bond acceptors (Lipinski definition) is 3. The number of hydrogen-bond donors (Lipinski definition) is 1. The summed E-state index contributed by atoms with van der Waals surface area (Å²) in [6.45, 7) is 0.223. The number of nitrogens with zero attached hydrogens (tertiary/aromatic N) is 3. The molecule has 19 heavy (non-hydrogen) atoms. The Balaban J connectivity index is 2.10. The van der Waals surface area contributed by atoms with Crippen molar-refractivity contribution in [2.24, 2.45) is 0 Å². The minimum absolute atomic E-state index is 0.0161. The SMILES string of the molecule is FC(F)(F)CCCNc1c(Br)cnn2c(I)cnc12. The molecule has 0 bridgehead atoms. The Morgan fingerprint density at radius 3 is 2.79 bits per heavy atom. The first-order chi connectivity index (χ1) is 8.88. The Kier molecular flexibility index (Phi) is 4.54. The molecule has 0 unspecified atom stereocenters. The highest BCUT2D eigenvalue weighted by Gasteiger charge is 2.26. The summed E-state index contributed by atoms with van der Waals surface area (Å²) in [7, 11) is 0. The van der Waals surface area contributed by atoms with Gasteiger partial charge in [-0.05, 0) is 44.9 Å². The van der Waals surface area contributed by atoms with Crippen molar-refractivity contribution < 1.29 is 13.2 Å². The number of rotatable bonds is 4. The van der Waals surface area contributed by atoms with Crippen LogP contribution >= 0.6 is 38.5 Å². The minimum Gasteiger partial charge on any atom is -0.381 e. The lowest BCUT2D eigenvalue weighted by molar-refractivity contribution is -0.134. The number of nitrogens with one attached hydrogen (secondary N) is 1. The summed E-state index contributed by atoms with van der Waals surface area (Å²) >= 11 is 5.40. The van der Waals surface area contributed by atoms with Crippen molar-refractivity contribution in [3.63, 3.8) is 0 Å². The second kappa shape index (κ2) is 5.81. The fourth-order valence-corrected chi connectivity index (χ4v) is 2.45. The summed E-state index contributed by atoms with van der Waals surface area (Å²) < 4.78 is 39.3. The molecule has 0 saturated heterocycles.